The van der Waals surface area contributed by atoms with Crippen LogP contribution in [0.15, 0.2) is 36.7 Å². The average Bonchev–Trinajstić information content (AvgIpc) is 2.32. The lowest BCUT2D eigenvalue weighted by molar-refractivity contribution is 0.218. The van der Waals surface area contributed by atoms with E-state index >= 15 is 0 Å². The Morgan fingerprint density at radius 2 is 1.88 bits per heavy atom. The van der Waals surface area contributed by atoms with Crippen molar-refractivity contribution in [3.63, 3.8) is 0 Å². The lowest BCUT2D eigenvalue weighted by atomic mass is 9.98. The first kappa shape index (κ1) is 12.5. The quantitative estimate of drug-likeness (QED) is 0.851. The van der Waals surface area contributed by atoms with E-state index in [1.54, 1.807) is 12.4 Å². The van der Waals surface area contributed by atoms with Gasteiger partial charge in [-0.2, -0.15) is 0 Å². The van der Waals surface area contributed by atoms with Gasteiger partial charge in [-0.3, -0.25) is 4.98 Å². The summed E-state index contributed by atoms with van der Waals surface area (Å²) >= 11 is 2.28. The molecular weight excluding hydrogens is 325 g/mol. The van der Waals surface area contributed by atoms with E-state index < -0.39 is 6.10 Å². The second-order valence-corrected chi connectivity index (χ2v) is 5.19. The van der Waals surface area contributed by atoms with Crippen molar-refractivity contribution in [1.29, 1.82) is 0 Å². The highest BCUT2D eigenvalue weighted by Crippen LogP contribution is 2.29. The van der Waals surface area contributed by atoms with Crippen LogP contribution in [0.2, 0.25) is 0 Å². The Kier molecular flexibility index (Phi) is 3.79. The van der Waals surface area contributed by atoms with Gasteiger partial charge in [0.2, 0.25) is 0 Å². The van der Waals surface area contributed by atoms with Gasteiger partial charge in [0.1, 0.15) is 6.10 Å². The number of hydrogen-bond acceptors (Lipinski definition) is 2. The Labute approximate surface area is 115 Å². The van der Waals surface area contributed by atoms with E-state index in [4.69, 9.17) is 0 Å². The number of nitrogens with zero attached hydrogens (tertiary/aromatic N) is 1. The van der Waals surface area contributed by atoms with Gasteiger partial charge in [0.15, 0.2) is 0 Å². The topological polar surface area (TPSA) is 33.1 Å². The predicted molar refractivity (Wildman–Crippen MR) is 76.9 cm³/mol. The molecule has 0 saturated carbocycles. The summed E-state index contributed by atoms with van der Waals surface area (Å²) in [7, 11) is 0. The lowest BCUT2D eigenvalue weighted by Crippen LogP contribution is -2.05. The highest BCUT2D eigenvalue weighted by atomic mass is 127. The molecule has 0 spiro atoms. The van der Waals surface area contributed by atoms with E-state index in [-0.39, 0.29) is 0 Å². The molecule has 0 fully saturated rings. The summed E-state index contributed by atoms with van der Waals surface area (Å²) in [6.07, 6.45) is 2.88. The summed E-state index contributed by atoms with van der Waals surface area (Å²) in [6, 6.07) is 7.91. The number of aliphatic hydroxyl groups is 1. The Bertz CT molecular complexity index is 539. The van der Waals surface area contributed by atoms with Gasteiger partial charge in [-0.05, 0) is 59.2 Å². The van der Waals surface area contributed by atoms with Gasteiger partial charge < -0.3 is 5.11 Å². The van der Waals surface area contributed by atoms with Crippen molar-refractivity contribution in [1.82, 2.24) is 4.98 Å². The van der Waals surface area contributed by atoms with E-state index in [2.05, 4.69) is 27.6 Å². The number of hydrogen-bond donors (Lipinski definition) is 1. The number of aliphatic hydroxyl groups excluding tert-OH is 1. The molecule has 0 radical (unpaired) electrons. The normalized spacial score (nSPS) is 12.5. The van der Waals surface area contributed by atoms with Crippen LogP contribution in [0.25, 0.3) is 0 Å². The van der Waals surface area contributed by atoms with Gasteiger partial charge >= 0.3 is 0 Å². The van der Waals surface area contributed by atoms with Crippen LogP contribution < -0.4 is 0 Å². The summed E-state index contributed by atoms with van der Waals surface area (Å²) in [5.74, 6) is 0. The molecular formula is C14H14INO. The standard InChI is InChI=1S/C14H14INO/c1-9-6-7-16-8-12(9)14(17)11-5-3-4-10(2)13(11)15/h3-8,14,17H,1-2H3. The zero-order valence-electron chi connectivity index (χ0n) is 9.81. The second kappa shape index (κ2) is 5.14. The maximum absolute atomic E-state index is 10.4. The highest BCUT2D eigenvalue weighted by Gasteiger charge is 2.16. The Balaban J connectivity index is 2.48. The molecule has 0 aliphatic heterocycles. The first-order chi connectivity index (χ1) is 8.11. The van der Waals surface area contributed by atoms with Crippen LogP contribution in [0.5, 0.6) is 0 Å². The molecule has 2 nitrogen and oxygen atoms in total. The molecule has 1 N–H and O–H groups in total. The fourth-order valence-electron chi connectivity index (χ4n) is 1.81. The number of aromatic nitrogens is 1. The zero-order chi connectivity index (χ0) is 12.4. The molecule has 1 heterocycles. The van der Waals surface area contributed by atoms with Crippen molar-refractivity contribution < 1.29 is 5.11 Å². The molecule has 1 aromatic carbocycles. The van der Waals surface area contributed by atoms with Gasteiger partial charge in [-0.1, -0.05) is 18.2 Å². The number of benzene rings is 1. The van der Waals surface area contributed by atoms with Gasteiger partial charge in [-0.25, -0.2) is 0 Å². The maximum Gasteiger partial charge on any atom is 0.107 e. The third-order valence-electron chi connectivity index (χ3n) is 2.89. The van der Waals surface area contributed by atoms with Gasteiger partial charge in [0, 0.05) is 21.5 Å². The summed E-state index contributed by atoms with van der Waals surface area (Å²) in [5, 5.41) is 10.4. The summed E-state index contributed by atoms with van der Waals surface area (Å²) < 4.78 is 1.11. The molecule has 1 unspecified atom stereocenters. The molecule has 2 aromatic rings. The van der Waals surface area contributed by atoms with Gasteiger partial charge in [0.05, 0.1) is 0 Å². The van der Waals surface area contributed by atoms with Gasteiger partial charge in [-0.15, -0.1) is 0 Å². The Morgan fingerprint density at radius 1 is 1.12 bits per heavy atom. The van der Waals surface area contributed by atoms with E-state index in [0.717, 1.165) is 20.3 Å². The molecule has 0 bridgehead atoms. The van der Waals surface area contributed by atoms with Crippen LogP contribution in [0, 0.1) is 17.4 Å². The van der Waals surface area contributed by atoms with Crippen molar-refractivity contribution in [2.75, 3.05) is 0 Å². The lowest BCUT2D eigenvalue weighted by Gasteiger charge is -2.16. The summed E-state index contributed by atoms with van der Waals surface area (Å²) in [5.41, 5.74) is 4.06. The smallest absolute Gasteiger partial charge is 0.107 e. The van der Waals surface area contributed by atoms with Crippen molar-refractivity contribution in [3.05, 3.63) is 62.5 Å². The molecule has 17 heavy (non-hydrogen) atoms. The highest BCUT2D eigenvalue weighted by molar-refractivity contribution is 14.1. The van der Waals surface area contributed by atoms with Crippen LogP contribution in [-0.4, -0.2) is 10.1 Å². The number of rotatable bonds is 2. The van der Waals surface area contributed by atoms with Crippen LogP contribution in [0.3, 0.4) is 0 Å². The van der Waals surface area contributed by atoms with Crippen molar-refractivity contribution >= 4 is 22.6 Å². The molecule has 1 atom stereocenters. The minimum absolute atomic E-state index is 0.601. The van der Waals surface area contributed by atoms with Crippen LogP contribution in [0.1, 0.15) is 28.4 Å². The molecule has 2 rings (SSSR count). The van der Waals surface area contributed by atoms with E-state index in [1.165, 1.54) is 5.56 Å². The molecule has 1 aromatic heterocycles. The van der Waals surface area contributed by atoms with Crippen molar-refractivity contribution in [2.24, 2.45) is 0 Å². The number of aryl methyl sites for hydroxylation is 2. The second-order valence-electron chi connectivity index (χ2n) is 4.11. The molecule has 88 valence electrons. The van der Waals surface area contributed by atoms with E-state index in [1.807, 2.05) is 38.1 Å². The van der Waals surface area contributed by atoms with Crippen LogP contribution in [-0.2, 0) is 0 Å². The molecule has 0 aliphatic rings. The SMILES string of the molecule is Cc1ccncc1C(O)c1cccc(C)c1I. The minimum Gasteiger partial charge on any atom is -0.384 e. The molecule has 0 aliphatic carbocycles. The largest absolute Gasteiger partial charge is 0.384 e. The first-order valence-electron chi connectivity index (χ1n) is 5.45. The number of halogens is 1. The summed E-state index contributed by atoms with van der Waals surface area (Å²) in [6.45, 7) is 4.04. The average molecular weight is 339 g/mol. The monoisotopic (exact) mass is 339 g/mol. The minimum atomic E-state index is -0.601. The molecule has 0 saturated heterocycles. The fraction of sp³-hybridized carbons (Fsp3) is 0.214. The summed E-state index contributed by atoms with van der Waals surface area (Å²) in [4.78, 5) is 4.08. The van der Waals surface area contributed by atoms with Crippen molar-refractivity contribution in [2.45, 2.75) is 20.0 Å². The van der Waals surface area contributed by atoms with Crippen molar-refractivity contribution in [3.8, 4) is 0 Å². The van der Waals surface area contributed by atoms with Crippen LogP contribution in [0.4, 0.5) is 0 Å². The van der Waals surface area contributed by atoms with Gasteiger partial charge in [0.25, 0.3) is 0 Å². The van der Waals surface area contributed by atoms with E-state index in [0.29, 0.717) is 0 Å². The fourth-order valence-corrected chi connectivity index (χ4v) is 2.47. The van der Waals surface area contributed by atoms with E-state index in [9.17, 15) is 5.11 Å². The maximum atomic E-state index is 10.4. The zero-order valence-corrected chi connectivity index (χ0v) is 12.0. The third-order valence-corrected chi connectivity index (χ3v) is 4.36. The van der Waals surface area contributed by atoms with Crippen LogP contribution >= 0.6 is 22.6 Å². The first-order valence-corrected chi connectivity index (χ1v) is 6.52. The Morgan fingerprint density at radius 3 is 2.59 bits per heavy atom. The Hall–Kier alpha value is -0.940. The predicted octanol–water partition coefficient (Wildman–Crippen LogP) is 3.38. The number of pyridine rings is 1. The third kappa shape index (κ3) is 2.50. The molecule has 0 amide bonds. The molecule has 3 heteroatoms.